The Kier molecular flexibility index (Phi) is 8.32. The molecule has 34 heavy (non-hydrogen) atoms. The van der Waals surface area contributed by atoms with Crippen molar-refractivity contribution >= 4 is 28.2 Å². The molecule has 4 rings (SSSR count). The number of ether oxygens (including phenoxy) is 1. The lowest BCUT2D eigenvalue weighted by atomic mass is 10.1. The maximum atomic E-state index is 12.9. The van der Waals surface area contributed by atoms with E-state index in [2.05, 4.69) is 58.2 Å². The largest absolute Gasteiger partial charge is 0.379 e. The molecule has 1 fully saturated rings. The first kappa shape index (κ1) is 24.4. The molecule has 1 aromatic heterocycles. The summed E-state index contributed by atoms with van der Waals surface area (Å²) in [5, 5.41) is 5.19. The van der Waals surface area contributed by atoms with E-state index >= 15 is 0 Å². The van der Waals surface area contributed by atoms with E-state index in [0.717, 1.165) is 62.3 Å². The molecule has 1 aliphatic rings. The molecule has 0 radical (unpaired) electrons. The molecule has 0 aliphatic carbocycles. The molecular formula is C27H34N4O2S. The number of aromatic amines is 1. The molecular weight excluding hydrogens is 444 g/mol. The molecule has 1 atom stereocenters. The van der Waals surface area contributed by atoms with Gasteiger partial charge in [-0.25, -0.2) is 0 Å². The lowest BCUT2D eigenvalue weighted by Crippen LogP contribution is -2.46. The van der Waals surface area contributed by atoms with Gasteiger partial charge in [-0.3, -0.25) is 9.69 Å². The molecule has 3 aromatic rings. The summed E-state index contributed by atoms with van der Waals surface area (Å²) < 4.78 is 5.49. The zero-order valence-electron chi connectivity index (χ0n) is 20.0. The summed E-state index contributed by atoms with van der Waals surface area (Å²) in [6.45, 7) is 9.68. The first-order chi connectivity index (χ1) is 16.5. The van der Waals surface area contributed by atoms with Crippen molar-refractivity contribution in [2.24, 2.45) is 0 Å². The van der Waals surface area contributed by atoms with Gasteiger partial charge in [-0.1, -0.05) is 43.3 Å². The summed E-state index contributed by atoms with van der Waals surface area (Å²) in [4.78, 5) is 20.5. The van der Waals surface area contributed by atoms with Crippen molar-refractivity contribution in [1.29, 1.82) is 0 Å². The molecule has 180 valence electrons. The number of benzene rings is 2. The van der Waals surface area contributed by atoms with Crippen LogP contribution in [-0.4, -0.2) is 59.3 Å². The van der Waals surface area contributed by atoms with Gasteiger partial charge in [0.25, 0.3) is 5.56 Å². The molecule has 6 nitrogen and oxygen atoms in total. The van der Waals surface area contributed by atoms with Crippen LogP contribution in [0.25, 0.3) is 10.9 Å². The van der Waals surface area contributed by atoms with Gasteiger partial charge in [-0.2, -0.15) is 0 Å². The first-order valence-corrected chi connectivity index (χ1v) is 12.5. The molecule has 0 spiro atoms. The fraction of sp³-hybridized carbons (Fsp3) is 0.407. The summed E-state index contributed by atoms with van der Waals surface area (Å²) in [5.41, 5.74) is 3.95. The number of nitrogens with one attached hydrogen (secondary N) is 2. The van der Waals surface area contributed by atoms with E-state index in [-0.39, 0.29) is 11.6 Å². The van der Waals surface area contributed by atoms with Crippen molar-refractivity contribution in [1.82, 2.24) is 20.1 Å². The molecule has 0 saturated carbocycles. The van der Waals surface area contributed by atoms with Gasteiger partial charge in [0, 0.05) is 37.3 Å². The Hall–Kier alpha value is -2.74. The van der Waals surface area contributed by atoms with Crippen LogP contribution in [0.2, 0.25) is 0 Å². The van der Waals surface area contributed by atoms with Gasteiger partial charge in [0.15, 0.2) is 5.11 Å². The summed E-state index contributed by atoms with van der Waals surface area (Å²) in [5.74, 6) is 0. The van der Waals surface area contributed by atoms with Crippen LogP contribution in [0.15, 0.2) is 59.4 Å². The van der Waals surface area contributed by atoms with E-state index in [4.69, 9.17) is 17.0 Å². The van der Waals surface area contributed by atoms with Crippen LogP contribution in [0.3, 0.4) is 0 Å². The lowest BCUT2D eigenvalue weighted by molar-refractivity contribution is 0.0357. The highest BCUT2D eigenvalue weighted by atomic mass is 32.1. The minimum absolute atomic E-state index is 0.0629. The van der Waals surface area contributed by atoms with Crippen LogP contribution in [0.5, 0.6) is 0 Å². The number of hydrogen-bond acceptors (Lipinski definition) is 4. The number of fused-ring (bicyclic) bond motifs is 1. The van der Waals surface area contributed by atoms with E-state index < -0.39 is 0 Å². The van der Waals surface area contributed by atoms with Crippen LogP contribution in [0.1, 0.15) is 36.6 Å². The molecule has 7 heteroatoms. The molecule has 0 unspecified atom stereocenters. The first-order valence-electron chi connectivity index (χ1n) is 12.1. The zero-order valence-corrected chi connectivity index (χ0v) is 20.9. The Balaban J connectivity index is 1.54. The van der Waals surface area contributed by atoms with Crippen molar-refractivity contribution in [3.05, 3.63) is 81.6 Å². The third-order valence-corrected chi connectivity index (χ3v) is 6.85. The van der Waals surface area contributed by atoms with E-state index in [0.29, 0.717) is 11.7 Å². The van der Waals surface area contributed by atoms with Gasteiger partial charge >= 0.3 is 0 Å². The summed E-state index contributed by atoms with van der Waals surface area (Å²) in [6, 6.07) is 18.6. The SMILES string of the molecule is CCc1ccc2[nH]c(=O)c(CN(CCN3CCOCC3)C(=S)N[C@H](C)c3ccccc3)cc2c1. The van der Waals surface area contributed by atoms with E-state index in [1.807, 2.05) is 30.3 Å². The number of morpholine rings is 1. The van der Waals surface area contributed by atoms with Gasteiger partial charge in [0.05, 0.1) is 25.8 Å². The second kappa shape index (κ2) is 11.6. The average molecular weight is 479 g/mol. The fourth-order valence-electron chi connectivity index (χ4n) is 4.29. The van der Waals surface area contributed by atoms with Gasteiger partial charge in [0.1, 0.15) is 0 Å². The molecule has 2 aromatic carbocycles. The number of pyridine rings is 1. The number of H-pyrrole nitrogens is 1. The van der Waals surface area contributed by atoms with Crippen LogP contribution < -0.4 is 10.9 Å². The maximum absolute atomic E-state index is 12.9. The van der Waals surface area contributed by atoms with Crippen LogP contribution >= 0.6 is 12.2 Å². The Labute approximate surface area is 206 Å². The Morgan fingerprint density at radius 3 is 2.68 bits per heavy atom. The number of aromatic nitrogens is 1. The zero-order chi connectivity index (χ0) is 23.9. The smallest absolute Gasteiger partial charge is 0.253 e. The van der Waals surface area contributed by atoms with Crippen molar-refractivity contribution in [2.75, 3.05) is 39.4 Å². The molecule has 1 saturated heterocycles. The van der Waals surface area contributed by atoms with Gasteiger partial charge < -0.3 is 19.9 Å². The molecule has 0 amide bonds. The monoisotopic (exact) mass is 478 g/mol. The van der Waals surface area contributed by atoms with Gasteiger partial charge in [-0.15, -0.1) is 0 Å². The highest BCUT2D eigenvalue weighted by molar-refractivity contribution is 7.80. The molecule has 1 aliphatic heterocycles. The predicted octanol–water partition coefficient (Wildman–Crippen LogP) is 3.86. The summed E-state index contributed by atoms with van der Waals surface area (Å²) in [6.07, 6.45) is 0.960. The van der Waals surface area contributed by atoms with Crippen molar-refractivity contribution < 1.29 is 4.74 Å². The normalized spacial score (nSPS) is 15.2. The quantitative estimate of drug-likeness (QED) is 0.480. The Bertz CT molecular complexity index is 1160. The standard InChI is InChI=1S/C27H34N4O2S/c1-3-21-9-10-25-23(17-21)18-24(26(32)29-25)19-31(12-11-30-13-15-33-16-14-30)27(34)28-20(2)22-7-5-4-6-8-22/h4-10,17-18,20H,3,11-16,19H2,1-2H3,(H,28,34)(H,29,32)/t20-/m1/s1. The van der Waals surface area contributed by atoms with Crippen molar-refractivity contribution in [3.8, 4) is 0 Å². The maximum Gasteiger partial charge on any atom is 0.253 e. The molecule has 0 bridgehead atoms. The summed E-state index contributed by atoms with van der Waals surface area (Å²) in [7, 11) is 0. The van der Waals surface area contributed by atoms with E-state index in [1.54, 1.807) is 0 Å². The van der Waals surface area contributed by atoms with Crippen molar-refractivity contribution in [3.63, 3.8) is 0 Å². The van der Waals surface area contributed by atoms with Crippen LogP contribution in [0, 0.1) is 0 Å². The predicted molar refractivity (Wildman–Crippen MR) is 142 cm³/mol. The van der Waals surface area contributed by atoms with Crippen LogP contribution in [0.4, 0.5) is 0 Å². The second-order valence-electron chi connectivity index (χ2n) is 8.86. The highest BCUT2D eigenvalue weighted by Gasteiger charge is 2.18. The number of thiocarbonyl (C=S) groups is 1. The molecule has 2 N–H and O–H groups in total. The summed E-state index contributed by atoms with van der Waals surface area (Å²) >= 11 is 5.86. The Morgan fingerprint density at radius 1 is 1.18 bits per heavy atom. The fourth-order valence-corrected chi connectivity index (χ4v) is 4.62. The number of nitrogens with zero attached hydrogens (tertiary/aromatic N) is 2. The average Bonchev–Trinajstić information content (AvgIpc) is 2.87. The van der Waals surface area contributed by atoms with Crippen molar-refractivity contribution in [2.45, 2.75) is 32.9 Å². The molecule has 2 heterocycles. The third kappa shape index (κ3) is 6.23. The van der Waals surface area contributed by atoms with E-state index in [1.165, 1.54) is 11.1 Å². The van der Waals surface area contributed by atoms with Gasteiger partial charge in [0.2, 0.25) is 0 Å². The minimum Gasteiger partial charge on any atom is -0.379 e. The number of aryl methyl sites for hydroxylation is 1. The number of rotatable bonds is 8. The van der Waals surface area contributed by atoms with Crippen LogP contribution in [-0.2, 0) is 17.7 Å². The Morgan fingerprint density at radius 2 is 1.94 bits per heavy atom. The minimum atomic E-state index is -0.0629. The van der Waals surface area contributed by atoms with Gasteiger partial charge in [-0.05, 0) is 60.3 Å². The number of hydrogen-bond donors (Lipinski definition) is 2. The third-order valence-electron chi connectivity index (χ3n) is 6.47. The second-order valence-corrected chi connectivity index (χ2v) is 9.24. The highest BCUT2D eigenvalue weighted by Crippen LogP contribution is 2.16. The van der Waals surface area contributed by atoms with E-state index in [9.17, 15) is 4.79 Å². The topological polar surface area (TPSA) is 60.6 Å². The lowest BCUT2D eigenvalue weighted by Gasteiger charge is -2.32.